The molecule has 1 heterocycles. The standard InChI is InChI=1S/C11H18N4O2/c12-14-13-5-10(17)15-6-9-3-1-2-4-11(9,7-15)8-16/h9,16H,1-8H2/t9-,11+/m1/s1. The van der Waals surface area contributed by atoms with Crippen molar-refractivity contribution < 1.29 is 9.90 Å². The minimum absolute atomic E-state index is 0.0930. The van der Waals surface area contributed by atoms with Crippen LogP contribution >= 0.6 is 0 Å². The molecule has 1 amide bonds. The van der Waals surface area contributed by atoms with E-state index in [0.717, 1.165) is 19.3 Å². The molecule has 0 spiro atoms. The molecule has 0 aromatic carbocycles. The maximum absolute atomic E-state index is 11.8. The van der Waals surface area contributed by atoms with E-state index in [1.165, 1.54) is 6.42 Å². The molecule has 0 unspecified atom stereocenters. The predicted molar refractivity (Wildman–Crippen MR) is 62.1 cm³/mol. The summed E-state index contributed by atoms with van der Waals surface area (Å²) in [5, 5.41) is 12.9. The van der Waals surface area contributed by atoms with E-state index in [1.54, 1.807) is 4.90 Å². The molecule has 1 N–H and O–H groups in total. The molecule has 0 radical (unpaired) electrons. The van der Waals surface area contributed by atoms with Crippen LogP contribution in [0, 0.1) is 11.3 Å². The number of hydrogen-bond acceptors (Lipinski definition) is 3. The van der Waals surface area contributed by atoms with Crippen molar-refractivity contribution in [3.63, 3.8) is 0 Å². The van der Waals surface area contributed by atoms with Gasteiger partial charge in [0.25, 0.3) is 0 Å². The van der Waals surface area contributed by atoms with Gasteiger partial charge in [0.05, 0.1) is 6.61 Å². The Labute approximate surface area is 100 Å². The monoisotopic (exact) mass is 238 g/mol. The van der Waals surface area contributed by atoms with Crippen LogP contribution in [0.4, 0.5) is 0 Å². The van der Waals surface area contributed by atoms with E-state index in [0.29, 0.717) is 19.0 Å². The van der Waals surface area contributed by atoms with Crippen molar-refractivity contribution >= 4 is 5.91 Å². The number of hydrogen-bond donors (Lipinski definition) is 1. The molecule has 6 heteroatoms. The molecule has 0 bridgehead atoms. The number of carbonyl (C=O) groups is 1. The van der Waals surface area contributed by atoms with Crippen LogP contribution in [0.5, 0.6) is 0 Å². The van der Waals surface area contributed by atoms with Crippen LogP contribution in [0.1, 0.15) is 25.7 Å². The van der Waals surface area contributed by atoms with E-state index in [2.05, 4.69) is 10.0 Å². The summed E-state index contributed by atoms with van der Waals surface area (Å²) in [6, 6.07) is 0. The number of amides is 1. The first kappa shape index (κ1) is 12.2. The molecule has 0 aromatic rings. The fraction of sp³-hybridized carbons (Fsp3) is 0.909. The zero-order valence-corrected chi connectivity index (χ0v) is 9.88. The van der Waals surface area contributed by atoms with Crippen molar-refractivity contribution in [2.45, 2.75) is 25.7 Å². The van der Waals surface area contributed by atoms with E-state index >= 15 is 0 Å². The molecule has 1 aliphatic carbocycles. The Morgan fingerprint density at radius 3 is 3.06 bits per heavy atom. The minimum atomic E-state index is -0.120. The summed E-state index contributed by atoms with van der Waals surface area (Å²) >= 11 is 0. The summed E-state index contributed by atoms with van der Waals surface area (Å²) in [4.78, 5) is 16.1. The molecule has 2 fully saturated rings. The van der Waals surface area contributed by atoms with Gasteiger partial charge in [-0.1, -0.05) is 18.0 Å². The quantitative estimate of drug-likeness (QED) is 0.456. The van der Waals surface area contributed by atoms with Gasteiger partial charge in [-0.05, 0) is 24.3 Å². The summed E-state index contributed by atoms with van der Waals surface area (Å²) in [6.07, 6.45) is 4.41. The Hall–Kier alpha value is -1.26. The molecular weight excluding hydrogens is 220 g/mol. The first-order valence-electron chi connectivity index (χ1n) is 6.11. The summed E-state index contributed by atoms with van der Waals surface area (Å²) in [6.45, 7) is 1.38. The fourth-order valence-electron chi connectivity index (χ4n) is 3.22. The lowest BCUT2D eigenvalue weighted by atomic mass is 9.69. The van der Waals surface area contributed by atoms with Gasteiger partial charge in [0, 0.05) is 23.4 Å². The van der Waals surface area contributed by atoms with E-state index < -0.39 is 0 Å². The first-order chi connectivity index (χ1) is 8.22. The van der Waals surface area contributed by atoms with Crippen molar-refractivity contribution in [1.29, 1.82) is 0 Å². The highest BCUT2D eigenvalue weighted by Crippen LogP contribution is 2.46. The molecule has 1 aliphatic heterocycles. The number of aliphatic hydroxyl groups excluding tert-OH is 1. The maximum Gasteiger partial charge on any atom is 0.228 e. The molecule has 2 aliphatic rings. The Morgan fingerprint density at radius 2 is 2.41 bits per heavy atom. The van der Waals surface area contributed by atoms with Gasteiger partial charge in [-0.2, -0.15) is 0 Å². The Morgan fingerprint density at radius 1 is 1.59 bits per heavy atom. The third-order valence-corrected chi connectivity index (χ3v) is 4.23. The fourth-order valence-corrected chi connectivity index (χ4v) is 3.22. The molecular formula is C11H18N4O2. The molecule has 0 aromatic heterocycles. The molecule has 2 rings (SSSR count). The number of rotatable bonds is 3. The summed E-state index contributed by atoms with van der Waals surface area (Å²) < 4.78 is 0. The third-order valence-electron chi connectivity index (χ3n) is 4.23. The highest BCUT2D eigenvalue weighted by atomic mass is 16.3. The zero-order valence-electron chi connectivity index (χ0n) is 9.88. The lowest BCUT2D eigenvalue weighted by Gasteiger charge is -2.36. The number of nitrogens with zero attached hydrogens (tertiary/aromatic N) is 4. The maximum atomic E-state index is 11.8. The van der Waals surface area contributed by atoms with Crippen molar-refractivity contribution in [3.05, 3.63) is 10.4 Å². The number of aliphatic hydroxyl groups is 1. The van der Waals surface area contributed by atoms with Crippen LogP contribution in [0.25, 0.3) is 10.4 Å². The van der Waals surface area contributed by atoms with Crippen LogP contribution in [-0.4, -0.2) is 42.2 Å². The number of likely N-dealkylation sites (tertiary alicyclic amines) is 1. The Balaban J connectivity index is 2.05. The number of carbonyl (C=O) groups excluding carboxylic acids is 1. The number of fused-ring (bicyclic) bond motifs is 1. The van der Waals surface area contributed by atoms with E-state index in [4.69, 9.17) is 5.53 Å². The van der Waals surface area contributed by atoms with Gasteiger partial charge < -0.3 is 10.0 Å². The lowest BCUT2D eigenvalue weighted by Crippen LogP contribution is -2.38. The first-order valence-corrected chi connectivity index (χ1v) is 6.11. The average molecular weight is 238 g/mol. The zero-order chi connectivity index (χ0) is 12.3. The normalized spacial score (nSPS) is 31.8. The molecule has 1 saturated heterocycles. The molecule has 1 saturated carbocycles. The molecule has 6 nitrogen and oxygen atoms in total. The van der Waals surface area contributed by atoms with Crippen LogP contribution < -0.4 is 0 Å². The minimum Gasteiger partial charge on any atom is -0.396 e. The highest BCUT2D eigenvalue weighted by molar-refractivity contribution is 5.78. The van der Waals surface area contributed by atoms with Crippen molar-refractivity contribution in [3.8, 4) is 0 Å². The number of azide groups is 1. The second kappa shape index (κ2) is 4.94. The van der Waals surface area contributed by atoms with Crippen LogP contribution in [-0.2, 0) is 4.79 Å². The Kier molecular flexibility index (Phi) is 3.54. The molecule has 2 atom stereocenters. The average Bonchev–Trinajstić information content (AvgIpc) is 2.76. The van der Waals surface area contributed by atoms with Gasteiger partial charge >= 0.3 is 0 Å². The summed E-state index contributed by atoms with van der Waals surface area (Å²) in [5.74, 6) is 0.293. The van der Waals surface area contributed by atoms with E-state index in [1.807, 2.05) is 0 Å². The van der Waals surface area contributed by atoms with Gasteiger partial charge in [-0.3, -0.25) is 4.79 Å². The van der Waals surface area contributed by atoms with Gasteiger partial charge in [0.2, 0.25) is 5.91 Å². The van der Waals surface area contributed by atoms with E-state index in [-0.39, 0.29) is 24.5 Å². The Bertz CT molecular complexity index is 353. The van der Waals surface area contributed by atoms with Crippen molar-refractivity contribution in [2.75, 3.05) is 26.2 Å². The second-order valence-corrected chi connectivity index (χ2v) is 5.13. The van der Waals surface area contributed by atoms with Gasteiger partial charge in [-0.15, -0.1) is 0 Å². The second-order valence-electron chi connectivity index (χ2n) is 5.13. The lowest BCUT2D eigenvalue weighted by molar-refractivity contribution is -0.129. The van der Waals surface area contributed by atoms with Crippen LogP contribution in [0.2, 0.25) is 0 Å². The molecule has 17 heavy (non-hydrogen) atoms. The predicted octanol–water partition coefficient (Wildman–Crippen LogP) is 1.31. The van der Waals surface area contributed by atoms with Gasteiger partial charge in [-0.25, -0.2) is 0 Å². The van der Waals surface area contributed by atoms with Crippen LogP contribution in [0.3, 0.4) is 0 Å². The van der Waals surface area contributed by atoms with Crippen molar-refractivity contribution in [1.82, 2.24) is 4.90 Å². The van der Waals surface area contributed by atoms with Crippen LogP contribution in [0.15, 0.2) is 5.11 Å². The summed E-state index contributed by atoms with van der Waals surface area (Å²) in [5.41, 5.74) is 8.12. The van der Waals surface area contributed by atoms with Gasteiger partial charge in [0.15, 0.2) is 0 Å². The van der Waals surface area contributed by atoms with Gasteiger partial charge in [0.1, 0.15) is 6.54 Å². The highest BCUT2D eigenvalue weighted by Gasteiger charge is 2.48. The molecule has 94 valence electrons. The topological polar surface area (TPSA) is 89.3 Å². The van der Waals surface area contributed by atoms with E-state index in [9.17, 15) is 9.90 Å². The SMILES string of the molecule is [N-]=[N+]=NCC(=O)N1C[C@H]2CCCC[C@@]2(CO)C1. The summed E-state index contributed by atoms with van der Waals surface area (Å²) in [7, 11) is 0. The largest absolute Gasteiger partial charge is 0.396 e. The smallest absolute Gasteiger partial charge is 0.228 e. The van der Waals surface area contributed by atoms with Crippen molar-refractivity contribution in [2.24, 2.45) is 16.4 Å². The third kappa shape index (κ3) is 2.23.